The van der Waals surface area contributed by atoms with Crippen molar-refractivity contribution >= 4 is 55.4 Å². The van der Waals surface area contributed by atoms with Crippen molar-refractivity contribution in [3.05, 3.63) is 52.0 Å². The highest BCUT2D eigenvalue weighted by atomic mass is 79.9. The molecule has 0 radical (unpaired) electrons. The fourth-order valence-corrected chi connectivity index (χ4v) is 5.60. The number of hydrogen-bond donors (Lipinski definition) is 1. The predicted octanol–water partition coefficient (Wildman–Crippen LogP) is 4.65. The number of carbonyl (C=O) groups is 1. The Kier molecular flexibility index (Phi) is 7.37. The lowest BCUT2D eigenvalue weighted by atomic mass is 10.1. The van der Waals surface area contributed by atoms with Crippen LogP contribution in [-0.2, 0) is 17.3 Å². The first-order chi connectivity index (χ1) is 15.5. The first kappa shape index (κ1) is 23.1. The van der Waals surface area contributed by atoms with Gasteiger partial charge in [-0.15, -0.1) is 0 Å². The van der Waals surface area contributed by atoms with Gasteiger partial charge in [0.2, 0.25) is 0 Å². The van der Waals surface area contributed by atoms with Gasteiger partial charge in [-0.2, -0.15) is 0 Å². The van der Waals surface area contributed by atoms with Crippen molar-refractivity contribution in [2.45, 2.75) is 26.3 Å². The van der Waals surface area contributed by atoms with Gasteiger partial charge in [0.25, 0.3) is 0 Å². The summed E-state index contributed by atoms with van der Waals surface area (Å²) in [5.74, 6) is 0.999. The molecule has 0 aliphatic carbocycles. The summed E-state index contributed by atoms with van der Waals surface area (Å²) in [7, 11) is -0.657. The van der Waals surface area contributed by atoms with E-state index >= 15 is 4.39 Å². The maximum Gasteiger partial charge on any atom is 0.175 e. The molecule has 0 amide bonds. The minimum Gasteiger partial charge on any atom is -0.352 e. The zero-order chi connectivity index (χ0) is 22.7. The summed E-state index contributed by atoms with van der Waals surface area (Å²) in [5, 5.41) is 3.08. The normalized spacial score (nSPS) is 15.3. The minimum atomic E-state index is -0.657. The second kappa shape index (κ2) is 10.2. The van der Waals surface area contributed by atoms with Gasteiger partial charge in [-0.1, -0.05) is 15.9 Å². The Hall–Kier alpha value is -2.10. The second-order valence-corrected chi connectivity index (χ2v) is 10.7. The minimum absolute atomic E-state index is 0.144. The number of halogens is 2. The molecule has 0 spiro atoms. The number of aryl methyl sites for hydroxylation is 2. The summed E-state index contributed by atoms with van der Waals surface area (Å²) < 4.78 is 29.7. The van der Waals surface area contributed by atoms with Gasteiger partial charge >= 0.3 is 0 Å². The van der Waals surface area contributed by atoms with Crippen LogP contribution in [0.2, 0.25) is 0 Å². The molecular weight excluding hydrogens is 495 g/mol. The topological polar surface area (TPSA) is 67.2 Å². The molecule has 170 valence electrons. The highest BCUT2D eigenvalue weighted by Gasteiger charge is 2.18. The monoisotopic (exact) mass is 520 g/mol. The van der Waals surface area contributed by atoms with E-state index in [1.54, 1.807) is 12.4 Å². The quantitative estimate of drug-likeness (QED) is 0.346. The fraction of sp³-hybridized carbons (Fsp3) is 0.391. The third kappa shape index (κ3) is 5.10. The van der Waals surface area contributed by atoms with Crippen LogP contribution in [-0.4, -0.2) is 56.1 Å². The number of benzene rings is 2. The van der Waals surface area contributed by atoms with E-state index in [4.69, 9.17) is 0 Å². The number of nitrogens with zero attached hydrogens (tertiary/aromatic N) is 3. The molecule has 6 nitrogen and oxygen atoms in total. The summed E-state index contributed by atoms with van der Waals surface area (Å²) in [6.07, 6.45) is 4.23. The van der Waals surface area contributed by atoms with Crippen LogP contribution in [0, 0.1) is 12.7 Å². The number of imidazole rings is 1. The van der Waals surface area contributed by atoms with Crippen molar-refractivity contribution in [2.24, 2.45) is 0 Å². The standard InChI is InChI=1S/C23H26BrFN4O2S/c1-16-12-18(24)4-5-19(16)27-22-17(14-30)13-20-23(21(22)25)26-15-29(20)7-3-2-6-28-8-10-32(31)11-9-28/h4-5,12-15,27H,2-3,6-11H2,1H3. The molecule has 32 heavy (non-hydrogen) atoms. The van der Waals surface area contributed by atoms with Gasteiger partial charge < -0.3 is 14.8 Å². The van der Waals surface area contributed by atoms with Crippen LogP contribution in [0.5, 0.6) is 0 Å². The average molecular weight is 521 g/mol. The van der Waals surface area contributed by atoms with E-state index in [1.807, 2.05) is 29.7 Å². The van der Waals surface area contributed by atoms with Crippen LogP contribution in [0.25, 0.3) is 11.0 Å². The summed E-state index contributed by atoms with van der Waals surface area (Å²) in [6, 6.07) is 7.34. The Labute approximate surface area is 197 Å². The lowest BCUT2D eigenvalue weighted by Crippen LogP contribution is -2.38. The molecule has 3 aromatic rings. The van der Waals surface area contributed by atoms with E-state index < -0.39 is 16.6 Å². The molecule has 0 bridgehead atoms. The van der Waals surface area contributed by atoms with E-state index in [9.17, 15) is 9.00 Å². The Balaban J connectivity index is 1.48. The zero-order valence-electron chi connectivity index (χ0n) is 17.9. The smallest absolute Gasteiger partial charge is 0.175 e. The summed E-state index contributed by atoms with van der Waals surface area (Å²) in [4.78, 5) is 18.4. The molecule has 2 heterocycles. The average Bonchev–Trinajstić information content (AvgIpc) is 3.19. The van der Waals surface area contributed by atoms with E-state index in [0.29, 0.717) is 18.3 Å². The van der Waals surface area contributed by atoms with Gasteiger partial charge in [0, 0.05) is 57.7 Å². The van der Waals surface area contributed by atoms with Crippen molar-refractivity contribution in [1.29, 1.82) is 0 Å². The Morgan fingerprint density at radius 3 is 2.69 bits per heavy atom. The van der Waals surface area contributed by atoms with Crippen LogP contribution in [0.1, 0.15) is 28.8 Å². The van der Waals surface area contributed by atoms with Crippen LogP contribution in [0.4, 0.5) is 15.8 Å². The number of anilines is 2. The molecule has 1 aliphatic rings. The Bertz CT molecular complexity index is 1160. The number of unbranched alkanes of at least 4 members (excludes halogenated alkanes) is 1. The van der Waals surface area contributed by atoms with Gasteiger partial charge in [0.15, 0.2) is 12.1 Å². The molecule has 1 fully saturated rings. The van der Waals surface area contributed by atoms with Crippen LogP contribution in [0.15, 0.2) is 35.1 Å². The SMILES string of the molecule is Cc1cc(Br)ccc1Nc1c(C=O)cc2c(ncn2CCCCN2CCS(=O)CC2)c1F. The van der Waals surface area contributed by atoms with Crippen molar-refractivity contribution < 1.29 is 13.4 Å². The Morgan fingerprint density at radius 2 is 1.97 bits per heavy atom. The number of aromatic nitrogens is 2. The van der Waals surface area contributed by atoms with Gasteiger partial charge in [-0.05, 0) is 56.1 Å². The molecule has 1 N–H and O–H groups in total. The molecule has 9 heteroatoms. The maximum atomic E-state index is 15.4. The maximum absolute atomic E-state index is 15.4. The number of carbonyl (C=O) groups excluding carboxylic acids is 1. The van der Waals surface area contributed by atoms with Crippen molar-refractivity contribution in [3.63, 3.8) is 0 Å². The van der Waals surface area contributed by atoms with Crippen LogP contribution in [0.3, 0.4) is 0 Å². The first-order valence-corrected chi connectivity index (χ1v) is 13.0. The fourth-order valence-electron chi connectivity index (χ4n) is 3.99. The largest absolute Gasteiger partial charge is 0.352 e. The summed E-state index contributed by atoms with van der Waals surface area (Å²) >= 11 is 3.42. The highest BCUT2D eigenvalue weighted by Crippen LogP contribution is 2.32. The zero-order valence-corrected chi connectivity index (χ0v) is 20.3. The summed E-state index contributed by atoms with van der Waals surface area (Å²) in [6.45, 7) is 5.37. The van der Waals surface area contributed by atoms with Crippen molar-refractivity contribution in [1.82, 2.24) is 14.5 Å². The number of hydrogen-bond acceptors (Lipinski definition) is 5. The number of rotatable bonds is 8. The molecule has 0 unspecified atom stereocenters. The molecule has 1 aliphatic heterocycles. The molecule has 1 aromatic heterocycles. The van der Waals surface area contributed by atoms with E-state index in [2.05, 4.69) is 31.1 Å². The second-order valence-electron chi connectivity index (χ2n) is 8.06. The number of fused-ring (bicyclic) bond motifs is 1. The van der Waals surface area contributed by atoms with Gasteiger partial charge in [0.1, 0.15) is 5.52 Å². The molecular formula is C23H26BrFN4O2S. The van der Waals surface area contributed by atoms with Gasteiger partial charge in [-0.3, -0.25) is 9.00 Å². The van der Waals surface area contributed by atoms with Crippen molar-refractivity contribution in [2.75, 3.05) is 36.5 Å². The van der Waals surface area contributed by atoms with Crippen LogP contribution >= 0.6 is 15.9 Å². The summed E-state index contributed by atoms with van der Waals surface area (Å²) in [5.41, 5.74) is 2.95. The van der Waals surface area contributed by atoms with E-state index in [0.717, 1.165) is 59.7 Å². The Morgan fingerprint density at radius 1 is 1.22 bits per heavy atom. The molecule has 1 saturated heterocycles. The number of aldehydes is 1. The lowest BCUT2D eigenvalue weighted by molar-refractivity contribution is 0.112. The lowest BCUT2D eigenvalue weighted by Gasteiger charge is -2.25. The van der Waals surface area contributed by atoms with Crippen molar-refractivity contribution in [3.8, 4) is 0 Å². The molecule has 0 saturated carbocycles. The molecule has 2 aromatic carbocycles. The van der Waals surface area contributed by atoms with Gasteiger partial charge in [0.05, 0.1) is 17.5 Å². The van der Waals surface area contributed by atoms with E-state index in [-0.39, 0.29) is 16.8 Å². The van der Waals surface area contributed by atoms with Crippen LogP contribution < -0.4 is 5.32 Å². The molecule has 0 atom stereocenters. The third-order valence-electron chi connectivity index (χ3n) is 5.86. The predicted molar refractivity (Wildman–Crippen MR) is 131 cm³/mol. The third-order valence-corrected chi connectivity index (χ3v) is 7.62. The molecule has 4 rings (SSSR count). The highest BCUT2D eigenvalue weighted by molar-refractivity contribution is 9.10. The van der Waals surface area contributed by atoms with Gasteiger partial charge in [-0.25, -0.2) is 9.37 Å². The first-order valence-electron chi connectivity index (χ1n) is 10.7. The van der Waals surface area contributed by atoms with E-state index in [1.165, 1.54) is 0 Å². The number of nitrogens with one attached hydrogen (secondary N) is 1.